The number of rotatable bonds is 8. The van der Waals surface area contributed by atoms with Crippen LogP contribution in [0.2, 0.25) is 0 Å². The number of amides is 2. The summed E-state index contributed by atoms with van der Waals surface area (Å²) in [4.78, 5) is 25.5. The Hall–Kier alpha value is -2.52. The number of carbonyl (C=O) groups is 2. The van der Waals surface area contributed by atoms with Crippen LogP contribution in [0.5, 0.6) is 5.88 Å². The molecule has 2 amide bonds. The second-order valence-electron chi connectivity index (χ2n) is 4.48. The monoisotopic (exact) mass is 335 g/mol. The van der Waals surface area contributed by atoms with Crippen molar-refractivity contribution in [2.45, 2.75) is 25.6 Å². The molecule has 0 fully saturated rings. The van der Waals surface area contributed by atoms with Crippen LogP contribution < -0.4 is 15.4 Å². The predicted molar refractivity (Wildman–Crippen MR) is 72.9 cm³/mol. The zero-order valence-electron chi connectivity index (χ0n) is 12.0. The summed E-state index contributed by atoms with van der Waals surface area (Å²) in [5.41, 5.74) is 0.289. The molecular formula is C13H16F3N3O4. The minimum atomic E-state index is -4.48. The molecule has 0 bridgehead atoms. The maximum Gasteiger partial charge on any atom is 0.422 e. The lowest BCUT2D eigenvalue weighted by Crippen LogP contribution is -2.35. The van der Waals surface area contributed by atoms with Crippen LogP contribution in [-0.2, 0) is 11.3 Å². The molecule has 0 aliphatic carbocycles. The lowest BCUT2D eigenvalue weighted by Gasteiger charge is -2.12. The van der Waals surface area contributed by atoms with E-state index in [-0.39, 0.29) is 37.4 Å². The average Bonchev–Trinajstić information content (AvgIpc) is 2.47. The highest BCUT2D eigenvalue weighted by Gasteiger charge is 2.29. The number of ether oxygens (including phenoxy) is 1. The number of nitrogens with one attached hydrogen (secondary N) is 2. The van der Waals surface area contributed by atoms with Crippen LogP contribution >= 0.6 is 0 Å². The third kappa shape index (κ3) is 8.49. The summed E-state index contributed by atoms with van der Waals surface area (Å²) in [6, 6.07) is 2.41. The Morgan fingerprint density at radius 3 is 2.70 bits per heavy atom. The average molecular weight is 335 g/mol. The summed E-state index contributed by atoms with van der Waals surface area (Å²) < 4.78 is 41.0. The Labute approximate surface area is 129 Å². The van der Waals surface area contributed by atoms with Crippen molar-refractivity contribution < 1.29 is 32.6 Å². The predicted octanol–water partition coefficient (Wildman–Crippen LogP) is 1.69. The first kappa shape index (κ1) is 18.5. The quantitative estimate of drug-likeness (QED) is 0.628. The molecule has 3 N–H and O–H groups in total. The van der Waals surface area contributed by atoms with Gasteiger partial charge in [0.1, 0.15) is 0 Å². The van der Waals surface area contributed by atoms with Crippen molar-refractivity contribution in [2.24, 2.45) is 0 Å². The van der Waals surface area contributed by atoms with Gasteiger partial charge in [-0.05, 0) is 12.5 Å². The van der Waals surface area contributed by atoms with E-state index in [1.54, 1.807) is 0 Å². The van der Waals surface area contributed by atoms with E-state index in [1.807, 2.05) is 0 Å². The number of carbonyl (C=O) groups excluding carboxylic acids is 1. The van der Waals surface area contributed by atoms with Gasteiger partial charge in [-0.3, -0.25) is 4.79 Å². The van der Waals surface area contributed by atoms with Gasteiger partial charge in [-0.15, -0.1) is 0 Å². The third-order valence-corrected chi connectivity index (χ3v) is 2.51. The van der Waals surface area contributed by atoms with Crippen molar-refractivity contribution in [3.05, 3.63) is 23.9 Å². The standard InChI is InChI=1S/C13H16F3N3O4/c14-13(15,16)8-23-11-9(3-1-5-17-11)7-19-12(22)18-6-2-4-10(20)21/h1,3,5H,2,4,6-8H2,(H,20,21)(H2,18,19,22). The molecule has 1 rings (SSSR count). The van der Waals surface area contributed by atoms with E-state index in [0.717, 1.165) is 0 Å². The molecule has 0 radical (unpaired) electrons. The number of hydrogen-bond acceptors (Lipinski definition) is 4. The first-order valence-electron chi connectivity index (χ1n) is 6.65. The second kappa shape index (κ2) is 8.81. The van der Waals surface area contributed by atoms with E-state index in [9.17, 15) is 22.8 Å². The molecule has 0 aliphatic rings. The summed E-state index contributed by atoms with van der Waals surface area (Å²) in [7, 11) is 0. The largest absolute Gasteiger partial charge is 0.481 e. The van der Waals surface area contributed by atoms with Crippen LogP contribution in [0.4, 0.5) is 18.0 Å². The smallest absolute Gasteiger partial charge is 0.422 e. The molecular weight excluding hydrogens is 319 g/mol. The van der Waals surface area contributed by atoms with Gasteiger partial charge in [-0.2, -0.15) is 13.2 Å². The van der Waals surface area contributed by atoms with Gasteiger partial charge < -0.3 is 20.5 Å². The van der Waals surface area contributed by atoms with Crippen LogP contribution in [-0.4, -0.2) is 41.4 Å². The number of pyridine rings is 1. The molecule has 23 heavy (non-hydrogen) atoms. The van der Waals surface area contributed by atoms with E-state index in [2.05, 4.69) is 20.4 Å². The SMILES string of the molecule is O=C(O)CCCNC(=O)NCc1cccnc1OCC(F)(F)F. The molecule has 0 aliphatic heterocycles. The Morgan fingerprint density at radius 2 is 2.04 bits per heavy atom. The first-order valence-corrected chi connectivity index (χ1v) is 6.65. The Kier molecular flexibility index (Phi) is 7.10. The van der Waals surface area contributed by atoms with E-state index in [1.165, 1.54) is 18.3 Å². The van der Waals surface area contributed by atoms with E-state index in [4.69, 9.17) is 5.11 Å². The third-order valence-electron chi connectivity index (χ3n) is 2.51. The molecule has 7 nitrogen and oxygen atoms in total. The van der Waals surface area contributed by atoms with Gasteiger partial charge in [0.2, 0.25) is 5.88 Å². The zero-order chi connectivity index (χ0) is 17.3. The van der Waals surface area contributed by atoms with Crippen molar-refractivity contribution in [1.82, 2.24) is 15.6 Å². The fourth-order valence-electron chi connectivity index (χ4n) is 1.52. The fraction of sp³-hybridized carbons (Fsp3) is 0.462. The summed E-state index contributed by atoms with van der Waals surface area (Å²) in [5, 5.41) is 13.3. The van der Waals surface area contributed by atoms with Gasteiger partial charge in [-0.25, -0.2) is 9.78 Å². The molecule has 1 aromatic rings. The summed E-state index contributed by atoms with van der Waals surface area (Å²) in [6.07, 6.45) is -3.00. The molecule has 0 unspecified atom stereocenters. The Morgan fingerprint density at radius 1 is 1.30 bits per heavy atom. The number of nitrogens with zero attached hydrogens (tertiary/aromatic N) is 1. The highest BCUT2D eigenvalue weighted by molar-refractivity contribution is 5.74. The number of hydrogen-bond donors (Lipinski definition) is 3. The van der Waals surface area contributed by atoms with Crippen molar-refractivity contribution in [1.29, 1.82) is 0 Å². The van der Waals surface area contributed by atoms with Gasteiger partial charge in [0.05, 0.1) is 0 Å². The molecule has 0 aromatic carbocycles. The van der Waals surface area contributed by atoms with Crippen LogP contribution in [0.1, 0.15) is 18.4 Å². The molecule has 1 heterocycles. The fourth-order valence-corrected chi connectivity index (χ4v) is 1.52. The number of urea groups is 1. The van der Waals surface area contributed by atoms with Crippen LogP contribution in [0.25, 0.3) is 0 Å². The van der Waals surface area contributed by atoms with Crippen molar-refractivity contribution >= 4 is 12.0 Å². The number of aliphatic carboxylic acids is 1. The summed E-state index contributed by atoms with van der Waals surface area (Å²) in [6.45, 7) is -1.38. The van der Waals surface area contributed by atoms with Crippen LogP contribution in [0.15, 0.2) is 18.3 Å². The first-order chi connectivity index (χ1) is 10.8. The topological polar surface area (TPSA) is 101 Å². The molecule has 0 spiro atoms. The van der Waals surface area contributed by atoms with Gasteiger partial charge >= 0.3 is 18.2 Å². The minimum absolute atomic E-state index is 0.0711. The number of alkyl halides is 3. The van der Waals surface area contributed by atoms with Gasteiger partial charge in [-0.1, -0.05) is 6.07 Å². The normalized spacial score (nSPS) is 10.9. The van der Waals surface area contributed by atoms with E-state index < -0.39 is 24.8 Å². The Bertz CT molecular complexity index is 537. The summed E-state index contributed by atoms with van der Waals surface area (Å²) in [5.74, 6) is -1.18. The van der Waals surface area contributed by atoms with E-state index in [0.29, 0.717) is 0 Å². The number of aromatic nitrogens is 1. The maximum absolute atomic E-state index is 12.1. The number of halogens is 3. The van der Waals surface area contributed by atoms with Crippen molar-refractivity contribution in [3.8, 4) is 5.88 Å². The maximum atomic E-state index is 12.1. The highest BCUT2D eigenvalue weighted by Crippen LogP contribution is 2.19. The van der Waals surface area contributed by atoms with Crippen molar-refractivity contribution in [2.75, 3.05) is 13.2 Å². The molecule has 0 atom stereocenters. The molecule has 128 valence electrons. The molecule has 1 aromatic heterocycles. The number of carboxylic acid groups (broad SMARTS) is 1. The zero-order valence-corrected chi connectivity index (χ0v) is 12.0. The second-order valence-corrected chi connectivity index (χ2v) is 4.48. The molecule has 0 saturated carbocycles. The minimum Gasteiger partial charge on any atom is -0.481 e. The highest BCUT2D eigenvalue weighted by atomic mass is 19.4. The van der Waals surface area contributed by atoms with Gasteiger partial charge in [0.25, 0.3) is 0 Å². The lowest BCUT2D eigenvalue weighted by molar-refractivity contribution is -0.154. The molecule has 0 saturated heterocycles. The van der Waals surface area contributed by atoms with Crippen LogP contribution in [0, 0.1) is 0 Å². The Balaban J connectivity index is 2.42. The number of carboxylic acids is 1. The van der Waals surface area contributed by atoms with Gasteiger partial charge in [0, 0.05) is 31.3 Å². The summed E-state index contributed by atoms with van der Waals surface area (Å²) >= 11 is 0. The van der Waals surface area contributed by atoms with E-state index >= 15 is 0 Å². The lowest BCUT2D eigenvalue weighted by atomic mass is 10.2. The van der Waals surface area contributed by atoms with Crippen molar-refractivity contribution in [3.63, 3.8) is 0 Å². The van der Waals surface area contributed by atoms with Crippen LogP contribution in [0.3, 0.4) is 0 Å². The molecule has 10 heteroatoms. The van der Waals surface area contributed by atoms with Gasteiger partial charge in [0.15, 0.2) is 6.61 Å².